The van der Waals surface area contributed by atoms with Crippen LogP contribution in [0.3, 0.4) is 0 Å². The van der Waals surface area contributed by atoms with Crippen molar-refractivity contribution < 1.29 is 23.8 Å². The molecule has 0 radical (unpaired) electrons. The van der Waals surface area contributed by atoms with Gasteiger partial charge in [-0.15, -0.1) is 0 Å². The fourth-order valence-corrected chi connectivity index (χ4v) is 1.95. The molecule has 6 heteroatoms. The number of hydrogen-bond donors (Lipinski definition) is 2. The van der Waals surface area contributed by atoms with Crippen molar-refractivity contribution in [2.75, 3.05) is 12.1 Å². The van der Waals surface area contributed by atoms with E-state index >= 15 is 0 Å². The van der Waals surface area contributed by atoms with Crippen molar-refractivity contribution >= 4 is 17.3 Å². The maximum absolute atomic E-state index is 13.8. The molecule has 0 unspecified atom stereocenters. The summed E-state index contributed by atoms with van der Waals surface area (Å²) in [7, 11) is 0. The van der Waals surface area contributed by atoms with Crippen LogP contribution in [-0.2, 0) is 0 Å². The van der Waals surface area contributed by atoms with Crippen LogP contribution in [-0.4, -0.2) is 17.9 Å². The number of nitrogens with one attached hydrogen (secondary N) is 1. The quantitative estimate of drug-likeness (QED) is 0.901. The smallest absolute Gasteiger partial charge is 0.337 e. The average Bonchev–Trinajstić information content (AvgIpc) is 2.88. The van der Waals surface area contributed by atoms with Crippen LogP contribution in [0.4, 0.5) is 15.8 Å². The normalized spacial score (nSPS) is 12.2. The molecule has 0 bridgehead atoms. The lowest BCUT2D eigenvalue weighted by Gasteiger charge is -2.11. The van der Waals surface area contributed by atoms with E-state index in [2.05, 4.69) is 5.32 Å². The van der Waals surface area contributed by atoms with Crippen molar-refractivity contribution in [2.45, 2.75) is 0 Å². The van der Waals surface area contributed by atoms with E-state index in [1.807, 2.05) is 0 Å². The molecule has 2 aromatic rings. The van der Waals surface area contributed by atoms with Gasteiger partial charge >= 0.3 is 5.97 Å². The Kier molecular flexibility index (Phi) is 2.90. The molecule has 2 N–H and O–H groups in total. The van der Waals surface area contributed by atoms with Gasteiger partial charge < -0.3 is 19.9 Å². The summed E-state index contributed by atoms with van der Waals surface area (Å²) in [4.78, 5) is 11.1. The molecule has 3 rings (SSSR count). The summed E-state index contributed by atoms with van der Waals surface area (Å²) in [5, 5.41) is 11.8. The van der Waals surface area contributed by atoms with E-state index in [-0.39, 0.29) is 18.0 Å². The van der Waals surface area contributed by atoms with Crippen molar-refractivity contribution in [3.05, 3.63) is 47.8 Å². The Labute approximate surface area is 113 Å². The topological polar surface area (TPSA) is 67.8 Å². The molecule has 0 aromatic heterocycles. The second kappa shape index (κ2) is 4.73. The second-order valence-electron chi connectivity index (χ2n) is 4.16. The van der Waals surface area contributed by atoms with Crippen molar-refractivity contribution in [2.24, 2.45) is 0 Å². The van der Waals surface area contributed by atoms with E-state index in [0.29, 0.717) is 17.2 Å². The number of fused-ring (bicyclic) bond motifs is 1. The lowest BCUT2D eigenvalue weighted by atomic mass is 10.1. The summed E-state index contributed by atoms with van der Waals surface area (Å²) in [5.41, 5.74) is 0.295. The van der Waals surface area contributed by atoms with Gasteiger partial charge in [-0.1, -0.05) is 6.07 Å². The number of carbonyl (C=O) groups is 1. The largest absolute Gasteiger partial charge is 0.478 e. The summed E-state index contributed by atoms with van der Waals surface area (Å²) >= 11 is 0. The number of anilines is 2. The van der Waals surface area contributed by atoms with Gasteiger partial charge in [0, 0.05) is 11.8 Å². The first-order valence-corrected chi connectivity index (χ1v) is 5.83. The molecule has 1 heterocycles. The zero-order chi connectivity index (χ0) is 14.1. The Bertz CT molecular complexity index is 687. The standard InChI is InChI=1S/C14H10FNO4/c15-10-3-1-2-9(14(17)18)13(10)16-8-4-5-11-12(6-8)20-7-19-11/h1-6,16H,7H2,(H,17,18). The minimum atomic E-state index is -1.20. The molecular weight excluding hydrogens is 265 g/mol. The lowest BCUT2D eigenvalue weighted by molar-refractivity contribution is 0.0697. The molecule has 0 amide bonds. The fourth-order valence-electron chi connectivity index (χ4n) is 1.95. The Hall–Kier alpha value is -2.76. The maximum Gasteiger partial charge on any atom is 0.337 e. The molecule has 20 heavy (non-hydrogen) atoms. The van der Waals surface area contributed by atoms with Crippen molar-refractivity contribution in [1.82, 2.24) is 0 Å². The molecule has 1 aliphatic rings. The lowest BCUT2D eigenvalue weighted by Crippen LogP contribution is -2.04. The molecule has 1 aliphatic heterocycles. The van der Waals surface area contributed by atoms with Crippen molar-refractivity contribution in [1.29, 1.82) is 0 Å². The van der Waals surface area contributed by atoms with Crippen molar-refractivity contribution in [3.63, 3.8) is 0 Å². The summed E-state index contributed by atoms with van der Waals surface area (Å²) < 4.78 is 24.2. The first-order valence-electron chi connectivity index (χ1n) is 5.83. The Balaban J connectivity index is 1.97. The summed E-state index contributed by atoms with van der Waals surface area (Å²) in [6.07, 6.45) is 0. The predicted molar refractivity (Wildman–Crippen MR) is 69.2 cm³/mol. The van der Waals surface area contributed by atoms with E-state index in [0.717, 1.165) is 0 Å². The van der Waals surface area contributed by atoms with Crippen LogP contribution < -0.4 is 14.8 Å². The zero-order valence-corrected chi connectivity index (χ0v) is 10.2. The molecule has 0 saturated heterocycles. The summed E-state index contributed by atoms with van der Waals surface area (Å²) in [5.74, 6) is -0.707. The van der Waals surface area contributed by atoms with Crippen molar-refractivity contribution in [3.8, 4) is 11.5 Å². The van der Waals surface area contributed by atoms with Gasteiger partial charge in [-0.2, -0.15) is 0 Å². The molecule has 0 fully saturated rings. The number of rotatable bonds is 3. The van der Waals surface area contributed by atoms with Crippen LogP contribution in [0.15, 0.2) is 36.4 Å². The van der Waals surface area contributed by atoms with Crippen LogP contribution >= 0.6 is 0 Å². The Morgan fingerprint density at radius 3 is 2.80 bits per heavy atom. The van der Waals surface area contributed by atoms with Gasteiger partial charge in [-0.3, -0.25) is 0 Å². The summed E-state index contributed by atoms with van der Waals surface area (Å²) in [6, 6.07) is 8.84. The molecule has 0 saturated carbocycles. The Morgan fingerprint density at radius 2 is 2.00 bits per heavy atom. The number of carboxylic acids is 1. The van der Waals surface area contributed by atoms with Gasteiger partial charge in [0.1, 0.15) is 5.82 Å². The third-order valence-electron chi connectivity index (χ3n) is 2.89. The van der Waals surface area contributed by atoms with Gasteiger partial charge in [0.05, 0.1) is 11.3 Å². The number of ether oxygens (including phenoxy) is 2. The Morgan fingerprint density at radius 1 is 1.20 bits per heavy atom. The van der Waals surface area contributed by atoms with E-state index in [1.54, 1.807) is 18.2 Å². The fraction of sp³-hybridized carbons (Fsp3) is 0.0714. The number of benzene rings is 2. The van der Waals surface area contributed by atoms with Crippen LogP contribution in [0, 0.1) is 5.82 Å². The molecule has 0 spiro atoms. The van der Waals surface area contributed by atoms with E-state index < -0.39 is 11.8 Å². The van der Waals surface area contributed by atoms with Gasteiger partial charge in [0.15, 0.2) is 11.5 Å². The van der Waals surface area contributed by atoms with Gasteiger partial charge in [-0.05, 0) is 24.3 Å². The molecular formula is C14H10FNO4. The third-order valence-corrected chi connectivity index (χ3v) is 2.89. The number of halogens is 1. The first-order chi connectivity index (χ1) is 9.65. The van der Waals surface area contributed by atoms with E-state index in [4.69, 9.17) is 14.6 Å². The van der Waals surface area contributed by atoms with Gasteiger partial charge in [0.25, 0.3) is 0 Å². The van der Waals surface area contributed by atoms with E-state index in [9.17, 15) is 9.18 Å². The molecule has 0 aliphatic carbocycles. The van der Waals surface area contributed by atoms with E-state index in [1.165, 1.54) is 18.2 Å². The highest BCUT2D eigenvalue weighted by molar-refractivity contribution is 5.95. The number of hydrogen-bond acceptors (Lipinski definition) is 4. The third kappa shape index (κ3) is 2.11. The zero-order valence-electron chi connectivity index (χ0n) is 10.2. The predicted octanol–water partition coefficient (Wildman–Crippen LogP) is 3.00. The van der Waals surface area contributed by atoms with Crippen LogP contribution in [0.2, 0.25) is 0 Å². The minimum Gasteiger partial charge on any atom is -0.478 e. The van der Waals surface area contributed by atoms with Crippen LogP contribution in [0.25, 0.3) is 0 Å². The van der Waals surface area contributed by atoms with Gasteiger partial charge in [-0.25, -0.2) is 9.18 Å². The highest BCUT2D eigenvalue weighted by Crippen LogP contribution is 2.35. The molecule has 5 nitrogen and oxygen atoms in total. The minimum absolute atomic E-state index is 0.0844. The SMILES string of the molecule is O=C(O)c1cccc(F)c1Nc1ccc2c(c1)OCO2. The highest BCUT2D eigenvalue weighted by atomic mass is 19.1. The summed E-state index contributed by atoms with van der Waals surface area (Å²) in [6.45, 7) is 0.138. The average molecular weight is 275 g/mol. The van der Waals surface area contributed by atoms with Crippen LogP contribution in [0.5, 0.6) is 11.5 Å². The highest BCUT2D eigenvalue weighted by Gasteiger charge is 2.17. The molecule has 2 aromatic carbocycles. The van der Waals surface area contributed by atoms with Gasteiger partial charge in [0.2, 0.25) is 6.79 Å². The second-order valence-corrected chi connectivity index (χ2v) is 4.16. The molecule has 0 atom stereocenters. The van der Waals surface area contributed by atoms with Crippen LogP contribution in [0.1, 0.15) is 10.4 Å². The maximum atomic E-state index is 13.8. The first kappa shape index (κ1) is 12.3. The monoisotopic (exact) mass is 275 g/mol. The molecule has 102 valence electrons. The number of carboxylic acid groups (broad SMARTS) is 1. The number of aromatic carboxylic acids is 1. The number of para-hydroxylation sites is 1.